The summed E-state index contributed by atoms with van der Waals surface area (Å²) in [6.45, 7) is 0. The molecule has 0 saturated carbocycles. The van der Waals surface area contributed by atoms with Gasteiger partial charge >= 0.3 is 0 Å². The molecule has 5 nitrogen and oxygen atoms in total. The fourth-order valence-electron chi connectivity index (χ4n) is 2.72. The van der Waals surface area contributed by atoms with Crippen LogP contribution < -0.4 is 11.2 Å². The van der Waals surface area contributed by atoms with Crippen LogP contribution in [0.2, 0.25) is 0 Å². The standard InChI is InChI=1S/C18H14N4O/c1-22-9-17(21-10-22)12-6-15-16(20-8-12)5-3-11-2-4-13(19)7-14(11)18(15)23/h2-10H,19H2,1H3. The van der Waals surface area contributed by atoms with Crippen molar-refractivity contribution in [2.75, 3.05) is 5.73 Å². The van der Waals surface area contributed by atoms with E-state index in [-0.39, 0.29) is 5.43 Å². The second-order valence-electron chi connectivity index (χ2n) is 5.59. The van der Waals surface area contributed by atoms with Crippen molar-refractivity contribution >= 4 is 27.4 Å². The zero-order valence-corrected chi connectivity index (χ0v) is 12.5. The largest absolute Gasteiger partial charge is 0.399 e. The van der Waals surface area contributed by atoms with E-state index < -0.39 is 0 Å². The summed E-state index contributed by atoms with van der Waals surface area (Å²) in [7, 11) is 1.90. The predicted octanol–water partition coefficient (Wildman–Crippen LogP) is 2.73. The summed E-state index contributed by atoms with van der Waals surface area (Å²) in [5.74, 6) is 0. The Morgan fingerprint density at radius 2 is 1.87 bits per heavy atom. The first-order valence-corrected chi connectivity index (χ1v) is 7.22. The Morgan fingerprint density at radius 3 is 2.65 bits per heavy atom. The number of hydrogen-bond donors (Lipinski definition) is 1. The van der Waals surface area contributed by atoms with Gasteiger partial charge in [-0.1, -0.05) is 12.1 Å². The van der Waals surface area contributed by atoms with E-state index in [4.69, 9.17) is 5.73 Å². The number of anilines is 1. The van der Waals surface area contributed by atoms with E-state index in [9.17, 15) is 4.79 Å². The number of rotatable bonds is 1. The number of hydrogen-bond acceptors (Lipinski definition) is 4. The topological polar surface area (TPSA) is 73.8 Å². The number of aromatic nitrogens is 3. The van der Waals surface area contributed by atoms with Gasteiger partial charge in [0.2, 0.25) is 0 Å². The third kappa shape index (κ3) is 2.23. The van der Waals surface area contributed by atoms with Crippen molar-refractivity contribution in [3.8, 4) is 11.3 Å². The van der Waals surface area contributed by atoms with Crippen LogP contribution in [0.25, 0.3) is 32.9 Å². The van der Waals surface area contributed by atoms with Crippen molar-refractivity contribution in [3.05, 3.63) is 65.3 Å². The molecule has 4 aromatic rings. The van der Waals surface area contributed by atoms with Crippen molar-refractivity contribution in [1.29, 1.82) is 0 Å². The Hall–Kier alpha value is -3.21. The highest BCUT2D eigenvalue weighted by Gasteiger charge is 2.07. The molecule has 2 aromatic heterocycles. The van der Waals surface area contributed by atoms with Gasteiger partial charge in [0, 0.05) is 41.5 Å². The Labute approximate surface area is 132 Å². The summed E-state index contributed by atoms with van der Waals surface area (Å²) in [6, 6.07) is 11.0. The number of fused-ring (bicyclic) bond motifs is 2. The highest BCUT2D eigenvalue weighted by molar-refractivity contribution is 5.94. The summed E-state index contributed by atoms with van der Waals surface area (Å²) in [5.41, 5.74) is 8.60. The second-order valence-corrected chi connectivity index (χ2v) is 5.59. The molecular weight excluding hydrogens is 288 g/mol. The van der Waals surface area contributed by atoms with E-state index in [1.54, 1.807) is 24.7 Å². The molecule has 0 fully saturated rings. The number of benzene rings is 1. The Balaban J connectivity index is 2.09. The van der Waals surface area contributed by atoms with E-state index in [1.807, 2.05) is 42.1 Å². The van der Waals surface area contributed by atoms with E-state index in [2.05, 4.69) is 9.97 Å². The number of nitrogens with two attached hydrogens (primary N) is 1. The molecule has 0 unspecified atom stereocenters. The van der Waals surface area contributed by atoms with Gasteiger partial charge in [-0.25, -0.2) is 4.98 Å². The van der Waals surface area contributed by atoms with Crippen LogP contribution in [-0.4, -0.2) is 14.5 Å². The van der Waals surface area contributed by atoms with Gasteiger partial charge in [0.1, 0.15) is 0 Å². The maximum atomic E-state index is 12.9. The smallest absolute Gasteiger partial charge is 0.195 e. The van der Waals surface area contributed by atoms with Crippen LogP contribution >= 0.6 is 0 Å². The van der Waals surface area contributed by atoms with E-state index in [1.165, 1.54) is 0 Å². The van der Waals surface area contributed by atoms with E-state index >= 15 is 0 Å². The van der Waals surface area contributed by atoms with E-state index in [0.717, 1.165) is 16.6 Å². The van der Waals surface area contributed by atoms with Crippen molar-refractivity contribution in [2.24, 2.45) is 7.05 Å². The predicted molar refractivity (Wildman–Crippen MR) is 92.1 cm³/mol. The molecule has 5 heteroatoms. The minimum absolute atomic E-state index is 0.0717. The Morgan fingerprint density at radius 1 is 1.04 bits per heavy atom. The maximum Gasteiger partial charge on any atom is 0.195 e. The monoisotopic (exact) mass is 302 g/mol. The van der Waals surface area contributed by atoms with Gasteiger partial charge in [-0.15, -0.1) is 0 Å². The van der Waals surface area contributed by atoms with Crippen LogP contribution in [0.5, 0.6) is 0 Å². The fourth-order valence-corrected chi connectivity index (χ4v) is 2.72. The molecule has 0 aliphatic carbocycles. The normalized spacial score (nSPS) is 11.2. The molecule has 112 valence electrons. The molecule has 0 atom stereocenters. The third-order valence-electron chi connectivity index (χ3n) is 3.91. The summed E-state index contributed by atoms with van der Waals surface area (Å²) in [5, 5.41) is 2.01. The average molecular weight is 302 g/mol. The summed E-state index contributed by atoms with van der Waals surface area (Å²) in [6.07, 6.45) is 5.36. The molecule has 0 aliphatic heterocycles. The van der Waals surface area contributed by atoms with Crippen molar-refractivity contribution < 1.29 is 0 Å². The molecule has 0 spiro atoms. The summed E-state index contributed by atoms with van der Waals surface area (Å²) >= 11 is 0. The van der Waals surface area contributed by atoms with Gasteiger partial charge in [-0.2, -0.15) is 0 Å². The number of nitrogens with zero attached hydrogens (tertiary/aromatic N) is 3. The molecule has 2 aromatic carbocycles. The average Bonchev–Trinajstić information content (AvgIpc) is 2.94. The number of aryl methyl sites for hydroxylation is 1. The fraction of sp³-hybridized carbons (Fsp3) is 0.0556. The minimum atomic E-state index is -0.0717. The van der Waals surface area contributed by atoms with Gasteiger partial charge in [0.05, 0.1) is 17.5 Å². The zero-order chi connectivity index (χ0) is 16.0. The molecule has 23 heavy (non-hydrogen) atoms. The lowest BCUT2D eigenvalue weighted by molar-refractivity contribution is 0.913. The molecule has 0 saturated heterocycles. The molecule has 2 heterocycles. The van der Waals surface area contributed by atoms with Gasteiger partial charge < -0.3 is 10.3 Å². The zero-order valence-electron chi connectivity index (χ0n) is 12.5. The summed E-state index contributed by atoms with van der Waals surface area (Å²) in [4.78, 5) is 21.7. The molecule has 0 aliphatic rings. The first kappa shape index (κ1) is 13.5. The van der Waals surface area contributed by atoms with Crippen LogP contribution in [-0.2, 0) is 7.05 Å². The first-order chi connectivity index (χ1) is 11.1. The molecular formula is C18H14N4O. The van der Waals surface area contributed by atoms with Crippen molar-refractivity contribution in [3.63, 3.8) is 0 Å². The number of nitrogen functional groups attached to an aromatic ring is 1. The SMILES string of the molecule is Cn1cnc(-c2cnc3ccc4ccc(N)cc4c(=O)c3c2)c1. The van der Waals surface area contributed by atoms with Crippen molar-refractivity contribution in [2.45, 2.75) is 0 Å². The lowest BCUT2D eigenvalue weighted by Gasteiger charge is -1.98. The van der Waals surface area contributed by atoms with Gasteiger partial charge in [0.25, 0.3) is 0 Å². The highest BCUT2D eigenvalue weighted by atomic mass is 16.1. The molecule has 0 amide bonds. The van der Waals surface area contributed by atoms with Crippen molar-refractivity contribution in [1.82, 2.24) is 14.5 Å². The van der Waals surface area contributed by atoms with E-state index in [0.29, 0.717) is 22.0 Å². The number of pyridine rings is 1. The lowest BCUT2D eigenvalue weighted by atomic mass is 10.1. The quantitative estimate of drug-likeness (QED) is 0.549. The van der Waals surface area contributed by atoms with Gasteiger partial charge in [-0.05, 0) is 29.7 Å². The third-order valence-corrected chi connectivity index (χ3v) is 3.91. The Kier molecular flexibility index (Phi) is 2.87. The highest BCUT2D eigenvalue weighted by Crippen LogP contribution is 2.21. The van der Waals surface area contributed by atoms with Crippen LogP contribution in [0.4, 0.5) is 5.69 Å². The summed E-state index contributed by atoms with van der Waals surface area (Å²) < 4.78 is 1.86. The Bertz CT molecular complexity index is 1110. The first-order valence-electron chi connectivity index (χ1n) is 7.22. The minimum Gasteiger partial charge on any atom is -0.399 e. The van der Waals surface area contributed by atoms with Crippen LogP contribution in [0.3, 0.4) is 0 Å². The molecule has 0 radical (unpaired) electrons. The lowest BCUT2D eigenvalue weighted by Crippen LogP contribution is -2.00. The second kappa shape index (κ2) is 4.91. The molecule has 2 N–H and O–H groups in total. The van der Waals surface area contributed by atoms with Crippen LogP contribution in [0.15, 0.2) is 59.9 Å². The van der Waals surface area contributed by atoms with Crippen LogP contribution in [0.1, 0.15) is 0 Å². The van der Waals surface area contributed by atoms with Crippen LogP contribution in [0, 0.1) is 0 Å². The maximum absolute atomic E-state index is 12.9. The van der Waals surface area contributed by atoms with Gasteiger partial charge in [0.15, 0.2) is 5.43 Å². The van der Waals surface area contributed by atoms with Gasteiger partial charge in [-0.3, -0.25) is 9.78 Å². The molecule has 4 rings (SSSR count). The number of imidazole rings is 1. The molecule has 0 bridgehead atoms.